The van der Waals surface area contributed by atoms with E-state index in [4.69, 9.17) is 11.1 Å². The van der Waals surface area contributed by atoms with Crippen molar-refractivity contribution >= 4 is 23.4 Å². The molecule has 1 amide bonds. The highest BCUT2D eigenvalue weighted by Crippen LogP contribution is 2.21. The Bertz CT molecular complexity index is 721. The number of carbonyl (C=O) groups is 1. The average molecular weight is 307 g/mol. The van der Waals surface area contributed by atoms with Crippen LogP contribution in [0, 0.1) is 12.3 Å². The molecule has 0 spiro atoms. The topological polar surface area (TPSA) is 79.0 Å². The van der Waals surface area contributed by atoms with E-state index in [0.29, 0.717) is 12.0 Å². The molecule has 0 atom stereocenters. The van der Waals surface area contributed by atoms with Crippen LogP contribution in [0.1, 0.15) is 23.1 Å². The van der Waals surface area contributed by atoms with Crippen molar-refractivity contribution in [3.8, 4) is 0 Å². The molecule has 4 heteroatoms. The van der Waals surface area contributed by atoms with Crippen LogP contribution in [0.25, 0.3) is 5.57 Å². The van der Waals surface area contributed by atoms with Gasteiger partial charge in [-0.15, -0.1) is 0 Å². The van der Waals surface area contributed by atoms with Crippen molar-refractivity contribution in [2.24, 2.45) is 5.73 Å². The SMILES string of the molecule is Cc1cc(/C(C=N)=C/N)ccc1NC(=O)CCc1ccccc1. The largest absolute Gasteiger partial charge is 0.404 e. The molecular formula is C19H21N3O. The number of aryl methyl sites for hydroxylation is 2. The molecule has 0 saturated carbocycles. The molecule has 0 aliphatic heterocycles. The second-order valence-electron chi connectivity index (χ2n) is 5.33. The number of hydrogen-bond acceptors (Lipinski definition) is 3. The average Bonchev–Trinajstić information content (AvgIpc) is 2.57. The van der Waals surface area contributed by atoms with Gasteiger partial charge in [0.05, 0.1) is 0 Å². The summed E-state index contributed by atoms with van der Waals surface area (Å²) in [5.74, 6) is -0.00801. The van der Waals surface area contributed by atoms with Crippen LogP contribution in [0.15, 0.2) is 54.7 Å². The standard InChI is InChI=1S/C19H21N3O/c1-14-11-16(17(12-20)13-21)8-9-18(14)22-19(23)10-7-15-5-3-2-4-6-15/h2-6,8-9,11-13,20H,7,10,21H2,1H3,(H,22,23)/b17-13+,20-12?. The summed E-state index contributed by atoms with van der Waals surface area (Å²) in [5.41, 5.74) is 9.89. The van der Waals surface area contributed by atoms with Crippen molar-refractivity contribution in [3.05, 3.63) is 71.4 Å². The van der Waals surface area contributed by atoms with E-state index in [2.05, 4.69) is 5.32 Å². The lowest BCUT2D eigenvalue weighted by Crippen LogP contribution is -2.13. The van der Waals surface area contributed by atoms with Crippen LogP contribution in [0.2, 0.25) is 0 Å². The van der Waals surface area contributed by atoms with Gasteiger partial charge in [0.25, 0.3) is 0 Å². The number of anilines is 1. The zero-order valence-electron chi connectivity index (χ0n) is 13.2. The summed E-state index contributed by atoms with van der Waals surface area (Å²) in [4.78, 5) is 12.1. The number of allylic oxidation sites excluding steroid dienone is 1. The first-order chi connectivity index (χ1) is 11.1. The Morgan fingerprint density at radius 3 is 2.57 bits per heavy atom. The molecule has 0 heterocycles. The summed E-state index contributed by atoms with van der Waals surface area (Å²) < 4.78 is 0. The van der Waals surface area contributed by atoms with Crippen LogP contribution in [0.4, 0.5) is 5.69 Å². The predicted molar refractivity (Wildman–Crippen MR) is 95.5 cm³/mol. The van der Waals surface area contributed by atoms with Crippen molar-refractivity contribution in [2.75, 3.05) is 5.32 Å². The fourth-order valence-corrected chi connectivity index (χ4v) is 2.33. The molecule has 118 valence electrons. The Kier molecular flexibility index (Phi) is 5.69. The van der Waals surface area contributed by atoms with E-state index >= 15 is 0 Å². The summed E-state index contributed by atoms with van der Waals surface area (Å²) in [6, 6.07) is 15.6. The van der Waals surface area contributed by atoms with Gasteiger partial charge >= 0.3 is 0 Å². The first-order valence-corrected chi connectivity index (χ1v) is 7.51. The summed E-state index contributed by atoms with van der Waals surface area (Å²) >= 11 is 0. The molecule has 0 bridgehead atoms. The normalized spacial score (nSPS) is 11.1. The Morgan fingerprint density at radius 1 is 1.22 bits per heavy atom. The summed E-state index contributed by atoms with van der Waals surface area (Å²) in [7, 11) is 0. The van der Waals surface area contributed by atoms with Crippen molar-refractivity contribution in [1.29, 1.82) is 5.41 Å². The molecule has 0 aliphatic carbocycles. The molecule has 4 N–H and O–H groups in total. The third kappa shape index (κ3) is 4.54. The third-order valence-corrected chi connectivity index (χ3v) is 3.65. The van der Waals surface area contributed by atoms with Crippen molar-refractivity contribution in [3.63, 3.8) is 0 Å². The van der Waals surface area contributed by atoms with Crippen LogP contribution < -0.4 is 11.1 Å². The highest BCUT2D eigenvalue weighted by Gasteiger charge is 2.07. The molecule has 2 aromatic carbocycles. The highest BCUT2D eigenvalue weighted by atomic mass is 16.1. The molecule has 2 rings (SSSR count). The van der Waals surface area contributed by atoms with Crippen LogP contribution in [0.3, 0.4) is 0 Å². The van der Waals surface area contributed by atoms with E-state index in [0.717, 1.165) is 28.8 Å². The van der Waals surface area contributed by atoms with Gasteiger partial charge in [0.1, 0.15) is 0 Å². The predicted octanol–water partition coefficient (Wildman–Crippen LogP) is 3.52. The van der Waals surface area contributed by atoms with Gasteiger partial charge in [-0.3, -0.25) is 4.79 Å². The maximum Gasteiger partial charge on any atom is 0.224 e. The number of amides is 1. The molecule has 0 unspecified atom stereocenters. The lowest BCUT2D eigenvalue weighted by atomic mass is 10.0. The smallest absolute Gasteiger partial charge is 0.224 e. The van der Waals surface area contributed by atoms with Gasteiger partial charge in [-0.2, -0.15) is 0 Å². The van der Waals surface area contributed by atoms with Gasteiger partial charge in [-0.1, -0.05) is 36.4 Å². The minimum absolute atomic E-state index is 0.00801. The van der Waals surface area contributed by atoms with Crippen molar-refractivity contribution in [1.82, 2.24) is 0 Å². The Labute approximate surface area is 136 Å². The van der Waals surface area contributed by atoms with Gasteiger partial charge in [0, 0.05) is 30.1 Å². The summed E-state index contributed by atoms with van der Waals surface area (Å²) in [6.07, 6.45) is 3.78. The van der Waals surface area contributed by atoms with E-state index in [1.807, 2.05) is 55.5 Å². The minimum atomic E-state index is -0.00801. The Hall–Kier alpha value is -2.88. The first-order valence-electron chi connectivity index (χ1n) is 7.51. The number of rotatable bonds is 6. The van der Waals surface area contributed by atoms with E-state index in [-0.39, 0.29) is 5.91 Å². The van der Waals surface area contributed by atoms with Gasteiger partial charge in [-0.05, 0) is 42.2 Å². The monoisotopic (exact) mass is 307 g/mol. The Balaban J connectivity index is 1.99. The number of nitrogens with one attached hydrogen (secondary N) is 2. The summed E-state index contributed by atoms with van der Waals surface area (Å²) in [6.45, 7) is 1.92. The summed E-state index contributed by atoms with van der Waals surface area (Å²) in [5, 5.41) is 10.3. The molecule has 4 nitrogen and oxygen atoms in total. The van der Waals surface area contributed by atoms with Crippen molar-refractivity contribution in [2.45, 2.75) is 19.8 Å². The lowest BCUT2D eigenvalue weighted by molar-refractivity contribution is -0.116. The zero-order valence-corrected chi connectivity index (χ0v) is 13.2. The number of hydrogen-bond donors (Lipinski definition) is 3. The van der Waals surface area contributed by atoms with Crippen LogP contribution >= 0.6 is 0 Å². The maximum atomic E-state index is 12.1. The molecule has 0 fully saturated rings. The quantitative estimate of drug-likeness (QED) is 0.714. The molecule has 0 aromatic heterocycles. The van der Waals surface area contributed by atoms with Crippen LogP contribution in [-0.2, 0) is 11.2 Å². The highest BCUT2D eigenvalue weighted by molar-refractivity contribution is 6.08. The second-order valence-corrected chi connectivity index (χ2v) is 5.33. The molecule has 23 heavy (non-hydrogen) atoms. The van der Waals surface area contributed by atoms with Gasteiger partial charge in [0.2, 0.25) is 5.91 Å². The van der Waals surface area contributed by atoms with Gasteiger partial charge < -0.3 is 16.5 Å². The van der Waals surface area contributed by atoms with E-state index in [1.54, 1.807) is 0 Å². The molecule has 0 radical (unpaired) electrons. The van der Waals surface area contributed by atoms with E-state index < -0.39 is 0 Å². The van der Waals surface area contributed by atoms with Crippen LogP contribution in [0.5, 0.6) is 0 Å². The number of carbonyl (C=O) groups excluding carboxylic acids is 1. The molecule has 0 aliphatic rings. The molecule has 2 aromatic rings. The lowest BCUT2D eigenvalue weighted by Gasteiger charge is -2.10. The van der Waals surface area contributed by atoms with Gasteiger partial charge in [-0.25, -0.2) is 0 Å². The first kappa shape index (κ1) is 16.5. The third-order valence-electron chi connectivity index (χ3n) is 3.65. The fourth-order valence-electron chi connectivity index (χ4n) is 2.33. The minimum Gasteiger partial charge on any atom is -0.404 e. The second kappa shape index (κ2) is 7.94. The van der Waals surface area contributed by atoms with Gasteiger partial charge in [0.15, 0.2) is 0 Å². The van der Waals surface area contributed by atoms with E-state index in [1.165, 1.54) is 12.4 Å². The maximum absolute atomic E-state index is 12.1. The van der Waals surface area contributed by atoms with Crippen molar-refractivity contribution < 1.29 is 4.79 Å². The Morgan fingerprint density at radius 2 is 1.96 bits per heavy atom. The number of benzene rings is 2. The number of nitrogens with two attached hydrogens (primary N) is 1. The van der Waals surface area contributed by atoms with Crippen LogP contribution in [-0.4, -0.2) is 12.1 Å². The van der Waals surface area contributed by atoms with E-state index in [9.17, 15) is 4.79 Å². The molecular weight excluding hydrogens is 286 g/mol. The zero-order chi connectivity index (χ0) is 16.7. The molecule has 0 saturated heterocycles. The fraction of sp³-hybridized carbons (Fsp3) is 0.158.